The first kappa shape index (κ1) is 64.5. The molecule has 8 N–H and O–H groups in total. The molecule has 8 rings (SSSR count). The van der Waals surface area contributed by atoms with Gasteiger partial charge >= 0.3 is 71.1 Å². The van der Waals surface area contributed by atoms with Gasteiger partial charge in [0, 0.05) is 0 Å². The Morgan fingerprint density at radius 2 is 0.756 bits per heavy atom. The predicted octanol–water partition coefficient (Wildman–Crippen LogP) is -2.72. The van der Waals surface area contributed by atoms with Crippen molar-refractivity contribution in [2.75, 3.05) is 0 Å². The average molecular weight is 1260 g/mol. The van der Waals surface area contributed by atoms with Crippen LogP contribution in [0.4, 0.5) is 22.7 Å². The molecule has 0 atom stereocenters. The fourth-order valence-corrected chi connectivity index (χ4v) is 10.4. The van der Waals surface area contributed by atoms with E-state index in [0.29, 0.717) is 36.4 Å². The minimum absolute atomic E-state index is 0. The van der Waals surface area contributed by atoms with E-state index in [2.05, 4.69) is 49.9 Å². The van der Waals surface area contributed by atoms with Crippen LogP contribution in [0.1, 0.15) is 11.1 Å². The van der Waals surface area contributed by atoms with Gasteiger partial charge < -0.3 is 18.6 Å². The zero-order chi connectivity index (χ0) is 58.0. The summed E-state index contributed by atoms with van der Waals surface area (Å²) < 4.78 is 223. The van der Waals surface area contributed by atoms with Crippen LogP contribution in [0.5, 0.6) is 23.5 Å². The van der Waals surface area contributed by atoms with Gasteiger partial charge in [-0.15, -0.1) is 0 Å². The zero-order valence-electron chi connectivity index (χ0n) is 41.3. The van der Waals surface area contributed by atoms with Crippen molar-refractivity contribution < 1.29 is 146 Å². The molecule has 0 bridgehead atoms. The molecular formula is C44H32N10Na2O20S6. The van der Waals surface area contributed by atoms with E-state index in [1.54, 1.807) is 36.4 Å². The molecule has 8 aromatic rings. The van der Waals surface area contributed by atoms with Crippen LogP contribution in [-0.4, -0.2) is 108 Å². The third-order valence-electron chi connectivity index (χ3n) is 10.2. The number of aromatic amines is 4. The first-order valence-electron chi connectivity index (χ1n) is 21.5. The molecule has 0 saturated carbocycles. The number of hydrogen-bond donors (Lipinski definition) is 8. The molecule has 6 aromatic carbocycles. The zero-order valence-corrected chi connectivity index (χ0v) is 50.2. The van der Waals surface area contributed by atoms with Gasteiger partial charge in [0.05, 0.1) is 32.5 Å². The summed E-state index contributed by atoms with van der Waals surface area (Å²) in [5.74, 6) is 0.341. The number of rotatable bonds is 16. The summed E-state index contributed by atoms with van der Waals surface area (Å²) in [6, 6.07) is 24.6. The number of nitrogens with one attached hydrogen (secondary N) is 4. The van der Waals surface area contributed by atoms with Gasteiger partial charge in [-0.25, -0.2) is 36.8 Å². The first-order chi connectivity index (χ1) is 37.3. The second kappa shape index (κ2) is 25.5. The van der Waals surface area contributed by atoms with Crippen molar-refractivity contribution >= 4 is 95.6 Å². The van der Waals surface area contributed by atoms with E-state index < -0.39 is 136 Å². The van der Waals surface area contributed by atoms with Crippen molar-refractivity contribution in [2.45, 2.75) is 29.4 Å². The molecule has 30 nitrogen and oxygen atoms in total. The molecular weight excluding hydrogens is 1230 g/mol. The van der Waals surface area contributed by atoms with Crippen LogP contribution in [0.3, 0.4) is 0 Å². The summed E-state index contributed by atoms with van der Waals surface area (Å²) in [6.45, 7) is 0. The maximum atomic E-state index is 12.8. The molecule has 2 aromatic heterocycles. The van der Waals surface area contributed by atoms with Crippen LogP contribution in [0.2, 0.25) is 0 Å². The Bertz CT molecular complexity index is 4550. The number of benzene rings is 6. The Morgan fingerprint density at radius 3 is 1.07 bits per heavy atom. The Balaban J connectivity index is 0.00000541. The normalized spacial score (nSPS) is 13.4. The van der Waals surface area contributed by atoms with Gasteiger partial charge in [-0.2, -0.15) is 43.6 Å². The van der Waals surface area contributed by atoms with Gasteiger partial charge in [-0.3, -0.25) is 38.1 Å². The van der Waals surface area contributed by atoms with Crippen molar-refractivity contribution in [3.8, 4) is 23.5 Å². The van der Waals surface area contributed by atoms with Crippen molar-refractivity contribution in [1.29, 1.82) is 0 Å². The van der Waals surface area contributed by atoms with Crippen LogP contribution in [0, 0.1) is 0 Å². The quantitative estimate of drug-likeness (QED) is 0.0277. The van der Waals surface area contributed by atoms with Gasteiger partial charge in [0.2, 0.25) is 22.5 Å². The summed E-state index contributed by atoms with van der Waals surface area (Å²) in [5.41, 5.74) is -4.67. The van der Waals surface area contributed by atoms with Crippen molar-refractivity contribution in [1.82, 2.24) is 29.9 Å². The SMILES string of the molecule is O=S(=O)([O-])c1ccc(S(=O)(=O)O)c(N=c2[nH]c(Oc3ccccc3)nc(=Nc3ccc(/C=C/c4ccc(N=c5nc(Oc6ccccc6)[nH]c(=Nc6cc(S(=O)(=O)[O-])ccc6S(=O)(=O)O)[nH]5)cc4S(=O)(=O)O)c(S(=O)(=O)O)c3)[nH]2)c1.[Na+].[Na+]. The van der Waals surface area contributed by atoms with E-state index in [-0.39, 0.29) is 93.1 Å². The Kier molecular flexibility index (Phi) is 20.0. The third kappa shape index (κ3) is 17.0. The van der Waals surface area contributed by atoms with Gasteiger partial charge in [-0.05, 0) is 96.1 Å². The topological polar surface area (TPSA) is 489 Å². The first-order valence-corrected chi connectivity index (χ1v) is 30.0. The molecule has 0 aliphatic heterocycles. The fourth-order valence-electron chi connectivity index (χ4n) is 6.78. The summed E-state index contributed by atoms with van der Waals surface area (Å²) in [7, 11) is -30.9. The van der Waals surface area contributed by atoms with Gasteiger partial charge in [0.1, 0.15) is 51.3 Å². The maximum absolute atomic E-state index is 12.8. The van der Waals surface area contributed by atoms with Crippen LogP contribution in [-0.2, 0) is 60.7 Å². The number of nitrogens with zero attached hydrogens (tertiary/aromatic N) is 6. The van der Waals surface area contributed by atoms with Crippen molar-refractivity contribution in [2.24, 2.45) is 20.0 Å². The summed E-state index contributed by atoms with van der Waals surface area (Å²) >= 11 is 0. The van der Waals surface area contributed by atoms with E-state index in [1.165, 1.54) is 36.4 Å². The minimum atomic E-state index is -5.19. The van der Waals surface area contributed by atoms with Crippen LogP contribution in [0.15, 0.2) is 183 Å². The summed E-state index contributed by atoms with van der Waals surface area (Å²) in [6.07, 6.45) is 2.05. The smallest absolute Gasteiger partial charge is 0.744 e. The maximum Gasteiger partial charge on any atom is 1.00 e. The van der Waals surface area contributed by atoms with Gasteiger partial charge in [-0.1, -0.05) is 60.7 Å². The standard InChI is InChI=1S/C44H34N10O20S6.2Na/c55-75(56,57)31-17-19-35(77(61,62)63)33(23-31)47-41-49-39(51-43(53-41)73-29-7-3-1-4-8-29)45-27-15-13-25(37(21-27)79(67,68)69)11-12-26-14-16-28(22-38(26)80(70,71)72)46-40-50-42(54-44(52-40)74-30-9-5-2-6-10-30)48-34-24-32(76(58,59)60)18-20-36(34)78(64,65)66;;/h1-24H,(H,55,56,57)(H,58,59,60)(H,61,62,63)(H,64,65,66)(H,67,68,69)(H,70,71,72)(H2,45,47,49,51,53)(H2,46,48,50,52,54);;/q;2*+1/p-2/b12-11+;;. The van der Waals surface area contributed by atoms with Crippen molar-refractivity contribution in [3.63, 3.8) is 0 Å². The van der Waals surface area contributed by atoms with E-state index >= 15 is 0 Å². The van der Waals surface area contributed by atoms with Gasteiger partial charge in [0.25, 0.3) is 40.5 Å². The second-order valence-electron chi connectivity index (χ2n) is 15.8. The van der Waals surface area contributed by atoms with Gasteiger partial charge in [0.15, 0.2) is 0 Å². The molecule has 0 radical (unpaired) electrons. The fraction of sp³-hybridized carbons (Fsp3) is 0. The molecule has 82 heavy (non-hydrogen) atoms. The molecule has 0 fully saturated rings. The number of hydrogen-bond acceptors (Lipinski definition) is 22. The van der Waals surface area contributed by atoms with E-state index in [1.807, 2.05) is 0 Å². The van der Waals surface area contributed by atoms with Crippen LogP contribution < -0.4 is 91.1 Å². The van der Waals surface area contributed by atoms with E-state index in [0.717, 1.165) is 36.4 Å². The number of para-hydroxylation sites is 2. The Labute approximate surface area is 507 Å². The molecule has 0 amide bonds. The molecule has 0 spiro atoms. The van der Waals surface area contributed by atoms with Crippen LogP contribution in [0.25, 0.3) is 12.2 Å². The second-order valence-corrected chi connectivity index (χ2v) is 24.1. The number of ether oxygens (including phenoxy) is 2. The molecule has 0 aliphatic rings. The predicted molar refractivity (Wildman–Crippen MR) is 270 cm³/mol. The van der Waals surface area contributed by atoms with Crippen LogP contribution >= 0.6 is 0 Å². The summed E-state index contributed by atoms with van der Waals surface area (Å²) in [5, 5.41) is 0. The average Bonchev–Trinajstić information content (AvgIpc) is 3.44. The Hall–Kier alpha value is -6.66. The molecule has 0 unspecified atom stereocenters. The summed E-state index contributed by atoms with van der Waals surface area (Å²) in [4.78, 5) is 29.5. The van der Waals surface area contributed by atoms with Crippen molar-refractivity contribution in [3.05, 3.63) is 167 Å². The minimum Gasteiger partial charge on any atom is -0.744 e. The molecule has 416 valence electrons. The van der Waals surface area contributed by atoms with E-state index in [9.17, 15) is 77.8 Å². The number of H-pyrrole nitrogens is 4. The molecule has 2 heterocycles. The molecule has 0 aliphatic carbocycles. The Morgan fingerprint density at radius 1 is 0.415 bits per heavy atom. The molecule has 38 heteroatoms. The monoisotopic (exact) mass is 1260 g/mol. The molecule has 0 saturated heterocycles. The third-order valence-corrected chi connectivity index (χ3v) is 15.4. The largest absolute Gasteiger partial charge is 1.00 e. The number of aromatic nitrogens is 6. The van der Waals surface area contributed by atoms with E-state index in [4.69, 9.17) is 9.47 Å².